The minimum absolute atomic E-state index is 0.0424. The third-order valence-corrected chi connectivity index (χ3v) is 3.37. The summed E-state index contributed by atoms with van der Waals surface area (Å²) in [7, 11) is 1.88. The second-order valence-electron chi connectivity index (χ2n) is 4.76. The molecule has 0 aliphatic rings. The molecule has 0 fully saturated rings. The number of rotatable bonds is 7. The highest BCUT2D eigenvalue weighted by Gasteiger charge is 2.10. The zero-order chi connectivity index (χ0) is 15.1. The van der Waals surface area contributed by atoms with Crippen LogP contribution in [0.2, 0.25) is 0 Å². The largest absolute Gasteiger partial charge is 0.395 e. The molecule has 1 unspecified atom stereocenters. The molecule has 1 rings (SSSR count). The number of aliphatic hydroxyl groups excluding tert-OH is 1. The molecule has 0 saturated heterocycles. The number of nitrogens with two attached hydrogens (primary N) is 1. The fourth-order valence-corrected chi connectivity index (χ4v) is 1.74. The number of nitrogens with zero attached hydrogens (tertiary/aromatic N) is 1. The monoisotopic (exact) mass is 295 g/mol. The topological polar surface area (TPSA) is 78.6 Å². The van der Waals surface area contributed by atoms with E-state index in [2.05, 4.69) is 5.32 Å². The van der Waals surface area contributed by atoms with Crippen LogP contribution in [0.4, 0.5) is 5.69 Å². The Morgan fingerprint density at radius 3 is 2.85 bits per heavy atom. The van der Waals surface area contributed by atoms with E-state index in [1.54, 1.807) is 24.3 Å². The summed E-state index contributed by atoms with van der Waals surface area (Å²) in [5.74, 6) is -0.0814. The van der Waals surface area contributed by atoms with Crippen molar-refractivity contribution in [2.75, 3.05) is 25.5 Å². The van der Waals surface area contributed by atoms with Crippen LogP contribution in [0.1, 0.15) is 18.9 Å². The summed E-state index contributed by atoms with van der Waals surface area (Å²) in [4.78, 5) is 14.1. The summed E-state index contributed by atoms with van der Waals surface area (Å²) in [6.45, 7) is 2.57. The van der Waals surface area contributed by atoms with Gasteiger partial charge in [-0.3, -0.25) is 4.79 Å². The van der Waals surface area contributed by atoms with Gasteiger partial charge < -0.3 is 21.1 Å². The fourth-order valence-electron chi connectivity index (χ4n) is 1.61. The van der Waals surface area contributed by atoms with Crippen molar-refractivity contribution in [3.05, 3.63) is 29.8 Å². The molecule has 20 heavy (non-hydrogen) atoms. The first-order valence-electron chi connectivity index (χ1n) is 6.45. The standard InChI is InChI=1S/C14H21N3O2S/c1-10(9-18)17(2)7-6-13(19)16-12-5-3-4-11(8-12)14(15)20/h3-5,8,10,18H,6-7,9H2,1-2H3,(H2,15,20)(H,16,19). The van der Waals surface area contributed by atoms with Crippen LogP contribution in [-0.2, 0) is 4.79 Å². The number of carbonyl (C=O) groups is 1. The second kappa shape index (κ2) is 7.94. The lowest BCUT2D eigenvalue weighted by molar-refractivity contribution is -0.116. The van der Waals surface area contributed by atoms with Crippen molar-refractivity contribution in [2.45, 2.75) is 19.4 Å². The number of amides is 1. The maximum Gasteiger partial charge on any atom is 0.225 e. The Labute approximate surface area is 124 Å². The number of hydrogen-bond acceptors (Lipinski definition) is 4. The van der Waals surface area contributed by atoms with Gasteiger partial charge >= 0.3 is 0 Å². The number of nitrogens with one attached hydrogen (secondary N) is 1. The molecule has 0 heterocycles. The van der Waals surface area contributed by atoms with Crippen molar-refractivity contribution >= 4 is 28.8 Å². The summed E-state index contributed by atoms with van der Waals surface area (Å²) < 4.78 is 0. The van der Waals surface area contributed by atoms with Gasteiger partial charge in [-0.2, -0.15) is 0 Å². The van der Waals surface area contributed by atoms with Crippen molar-refractivity contribution in [2.24, 2.45) is 5.73 Å². The molecule has 6 heteroatoms. The molecule has 0 aliphatic heterocycles. The average Bonchev–Trinajstić information content (AvgIpc) is 2.44. The Balaban J connectivity index is 2.50. The van der Waals surface area contributed by atoms with Crippen LogP contribution in [0.3, 0.4) is 0 Å². The summed E-state index contributed by atoms with van der Waals surface area (Å²) in [6.07, 6.45) is 0.359. The Morgan fingerprint density at radius 1 is 1.55 bits per heavy atom. The first kappa shape index (κ1) is 16.6. The molecule has 1 aromatic carbocycles. The van der Waals surface area contributed by atoms with E-state index in [1.165, 1.54) is 0 Å². The van der Waals surface area contributed by atoms with Gasteiger partial charge in [-0.15, -0.1) is 0 Å². The number of thiocarbonyl (C=S) groups is 1. The normalized spacial score (nSPS) is 12.2. The van der Waals surface area contributed by atoms with Crippen molar-refractivity contribution in [3.63, 3.8) is 0 Å². The second-order valence-corrected chi connectivity index (χ2v) is 5.20. The molecule has 1 atom stereocenters. The van der Waals surface area contributed by atoms with Crippen molar-refractivity contribution in [1.82, 2.24) is 4.90 Å². The van der Waals surface area contributed by atoms with Crippen LogP contribution in [-0.4, -0.2) is 47.1 Å². The van der Waals surface area contributed by atoms with Gasteiger partial charge in [-0.1, -0.05) is 24.4 Å². The highest BCUT2D eigenvalue weighted by molar-refractivity contribution is 7.80. The van der Waals surface area contributed by atoms with Crippen molar-refractivity contribution in [3.8, 4) is 0 Å². The molecule has 0 saturated carbocycles. The minimum atomic E-state index is -0.0814. The van der Waals surface area contributed by atoms with Crippen LogP contribution in [0.15, 0.2) is 24.3 Å². The lowest BCUT2D eigenvalue weighted by Crippen LogP contribution is -2.34. The molecule has 0 bridgehead atoms. The predicted molar refractivity (Wildman–Crippen MR) is 84.8 cm³/mol. The smallest absolute Gasteiger partial charge is 0.225 e. The average molecular weight is 295 g/mol. The van der Waals surface area contributed by atoms with Crippen LogP contribution in [0.5, 0.6) is 0 Å². The lowest BCUT2D eigenvalue weighted by atomic mass is 10.2. The molecule has 1 amide bonds. The summed E-state index contributed by atoms with van der Waals surface area (Å²) >= 11 is 4.90. The van der Waals surface area contributed by atoms with E-state index < -0.39 is 0 Å². The molecule has 110 valence electrons. The van der Waals surface area contributed by atoms with Gasteiger partial charge in [0.15, 0.2) is 0 Å². The fraction of sp³-hybridized carbons (Fsp3) is 0.429. The highest BCUT2D eigenvalue weighted by Crippen LogP contribution is 2.11. The van der Waals surface area contributed by atoms with E-state index in [-0.39, 0.29) is 18.6 Å². The van der Waals surface area contributed by atoms with Gasteiger partial charge in [0, 0.05) is 30.3 Å². The first-order valence-corrected chi connectivity index (χ1v) is 6.85. The SMILES string of the molecule is CC(CO)N(C)CCC(=O)Nc1cccc(C(N)=S)c1. The first-order chi connectivity index (χ1) is 9.43. The van der Waals surface area contributed by atoms with E-state index in [0.29, 0.717) is 23.6 Å². The lowest BCUT2D eigenvalue weighted by Gasteiger charge is -2.22. The molecule has 0 aliphatic carbocycles. The van der Waals surface area contributed by atoms with E-state index in [0.717, 1.165) is 5.56 Å². The summed E-state index contributed by atoms with van der Waals surface area (Å²) in [5, 5.41) is 11.8. The molecule has 0 aromatic heterocycles. The Kier molecular flexibility index (Phi) is 6.57. The molecule has 5 nitrogen and oxygen atoms in total. The van der Waals surface area contributed by atoms with E-state index in [4.69, 9.17) is 23.1 Å². The minimum Gasteiger partial charge on any atom is -0.395 e. The molecule has 0 spiro atoms. The number of anilines is 1. The Hall–Kier alpha value is -1.50. The number of carbonyl (C=O) groups excluding carboxylic acids is 1. The van der Waals surface area contributed by atoms with Gasteiger partial charge in [-0.05, 0) is 26.1 Å². The van der Waals surface area contributed by atoms with Crippen LogP contribution >= 0.6 is 12.2 Å². The zero-order valence-electron chi connectivity index (χ0n) is 11.8. The van der Waals surface area contributed by atoms with Gasteiger partial charge in [0.1, 0.15) is 4.99 Å². The number of aliphatic hydroxyl groups is 1. The van der Waals surface area contributed by atoms with Crippen molar-refractivity contribution < 1.29 is 9.90 Å². The van der Waals surface area contributed by atoms with Crippen molar-refractivity contribution in [1.29, 1.82) is 0 Å². The van der Waals surface area contributed by atoms with Gasteiger partial charge in [0.05, 0.1) is 6.61 Å². The van der Waals surface area contributed by atoms with Gasteiger partial charge in [0.25, 0.3) is 0 Å². The van der Waals surface area contributed by atoms with Crippen LogP contribution in [0, 0.1) is 0 Å². The van der Waals surface area contributed by atoms with E-state index >= 15 is 0 Å². The van der Waals surface area contributed by atoms with Gasteiger partial charge in [0.2, 0.25) is 5.91 Å². The maximum absolute atomic E-state index is 11.8. The van der Waals surface area contributed by atoms with Gasteiger partial charge in [-0.25, -0.2) is 0 Å². The maximum atomic E-state index is 11.8. The third kappa shape index (κ3) is 5.24. The number of hydrogen-bond donors (Lipinski definition) is 3. The predicted octanol–water partition coefficient (Wildman–Crippen LogP) is 0.962. The number of benzene rings is 1. The van der Waals surface area contributed by atoms with Crippen LogP contribution in [0.25, 0.3) is 0 Å². The highest BCUT2D eigenvalue weighted by atomic mass is 32.1. The third-order valence-electron chi connectivity index (χ3n) is 3.14. The number of likely N-dealkylation sites (N-methyl/N-ethyl adjacent to an activating group) is 1. The van der Waals surface area contributed by atoms with Crippen LogP contribution < -0.4 is 11.1 Å². The quantitative estimate of drug-likeness (QED) is 0.653. The molecular weight excluding hydrogens is 274 g/mol. The molecule has 4 N–H and O–H groups in total. The Morgan fingerprint density at radius 2 is 2.25 bits per heavy atom. The summed E-state index contributed by atoms with van der Waals surface area (Å²) in [5.41, 5.74) is 6.95. The molecule has 0 radical (unpaired) electrons. The zero-order valence-corrected chi connectivity index (χ0v) is 12.6. The molecule has 1 aromatic rings. The molecular formula is C14H21N3O2S. The summed E-state index contributed by atoms with van der Waals surface area (Å²) in [6, 6.07) is 7.18. The van der Waals surface area contributed by atoms with E-state index in [9.17, 15) is 4.79 Å². The Bertz CT molecular complexity index is 479. The van der Waals surface area contributed by atoms with E-state index in [1.807, 2.05) is 18.9 Å².